The molecule has 0 aliphatic carbocycles. The molecule has 1 N–H and O–H groups in total. The number of hydrogen-bond donors (Lipinski definition) is 1. The molecule has 5 nitrogen and oxygen atoms in total. The van der Waals surface area contributed by atoms with Gasteiger partial charge in [0.05, 0.1) is 10.6 Å². The Kier molecular flexibility index (Phi) is 4.60. The molecule has 1 amide bonds. The van der Waals surface area contributed by atoms with Crippen molar-refractivity contribution in [3.8, 4) is 11.5 Å². The maximum atomic E-state index is 12.3. The average Bonchev–Trinajstić information content (AvgIpc) is 3.11. The normalized spacial score (nSPS) is 10.9. The number of aromatic nitrogens is 2. The summed E-state index contributed by atoms with van der Waals surface area (Å²) >= 11 is 6.14. The van der Waals surface area contributed by atoms with Crippen molar-refractivity contribution < 1.29 is 9.21 Å². The monoisotopic (exact) mass is 377 g/mol. The predicted octanol–water partition coefficient (Wildman–Crippen LogP) is 4.78. The van der Waals surface area contributed by atoms with Gasteiger partial charge in [0.15, 0.2) is 11.2 Å². The van der Waals surface area contributed by atoms with Crippen molar-refractivity contribution in [1.82, 2.24) is 15.3 Å². The number of oxazole rings is 1. The van der Waals surface area contributed by atoms with Crippen molar-refractivity contribution in [3.63, 3.8) is 0 Å². The molecule has 4 rings (SSSR count). The van der Waals surface area contributed by atoms with Gasteiger partial charge >= 0.3 is 0 Å². The molecular formula is C21H16ClN3O2. The molecule has 0 radical (unpaired) electrons. The lowest BCUT2D eigenvalue weighted by Crippen LogP contribution is -2.23. The second-order valence-electron chi connectivity index (χ2n) is 6.21. The van der Waals surface area contributed by atoms with Crippen LogP contribution in [0.15, 0.2) is 65.2 Å². The van der Waals surface area contributed by atoms with E-state index in [1.165, 1.54) is 0 Å². The fourth-order valence-electron chi connectivity index (χ4n) is 2.74. The first-order chi connectivity index (χ1) is 13.1. The number of carbonyl (C=O) groups is 1. The minimum atomic E-state index is -0.200. The second-order valence-corrected chi connectivity index (χ2v) is 6.61. The van der Waals surface area contributed by atoms with Gasteiger partial charge in [0, 0.05) is 18.3 Å². The standard InChI is InChI=1S/C21H16ClN3O2/c1-13-4-9-16(17(22)11-13)20(26)24-12-14-5-7-15(8-6-14)21-25-19-18(27-21)3-2-10-23-19/h2-11H,12H2,1H3,(H,24,26). The summed E-state index contributed by atoms with van der Waals surface area (Å²) < 4.78 is 5.71. The van der Waals surface area contributed by atoms with Crippen molar-refractivity contribution in [2.75, 3.05) is 0 Å². The Morgan fingerprint density at radius 2 is 1.96 bits per heavy atom. The van der Waals surface area contributed by atoms with Gasteiger partial charge in [0.25, 0.3) is 5.91 Å². The average molecular weight is 378 g/mol. The van der Waals surface area contributed by atoms with E-state index < -0.39 is 0 Å². The molecule has 2 heterocycles. The zero-order chi connectivity index (χ0) is 18.8. The van der Waals surface area contributed by atoms with Crippen LogP contribution in [0, 0.1) is 6.92 Å². The van der Waals surface area contributed by atoms with Gasteiger partial charge in [-0.15, -0.1) is 0 Å². The number of amides is 1. The Morgan fingerprint density at radius 1 is 1.15 bits per heavy atom. The SMILES string of the molecule is Cc1ccc(C(=O)NCc2ccc(-c3nc4ncccc4o3)cc2)c(Cl)c1. The van der Waals surface area contributed by atoms with E-state index in [9.17, 15) is 4.79 Å². The van der Waals surface area contributed by atoms with E-state index in [1.54, 1.807) is 18.3 Å². The molecule has 0 unspecified atom stereocenters. The predicted molar refractivity (Wildman–Crippen MR) is 105 cm³/mol. The van der Waals surface area contributed by atoms with Gasteiger partial charge in [-0.1, -0.05) is 29.8 Å². The number of carbonyl (C=O) groups excluding carboxylic acids is 1. The molecule has 0 aliphatic rings. The van der Waals surface area contributed by atoms with Gasteiger partial charge in [0.1, 0.15) is 0 Å². The van der Waals surface area contributed by atoms with Crippen LogP contribution in [0.5, 0.6) is 0 Å². The number of aryl methyl sites for hydroxylation is 1. The van der Waals surface area contributed by atoms with Crippen LogP contribution in [-0.4, -0.2) is 15.9 Å². The lowest BCUT2D eigenvalue weighted by molar-refractivity contribution is 0.0951. The number of benzene rings is 2. The lowest BCUT2D eigenvalue weighted by Gasteiger charge is -2.08. The number of nitrogens with one attached hydrogen (secondary N) is 1. The fraction of sp³-hybridized carbons (Fsp3) is 0.0952. The topological polar surface area (TPSA) is 68.0 Å². The molecule has 2 aromatic heterocycles. The van der Waals surface area contributed by atoms with Crippen molar-refractivity contribution >= 4 is 28.7 Å². The number of rotatable bonds is 4. The highest BCUT2D eigenvalue weighted by molar-refractivity contribution is 6.33. The summed E-state index contributed by atoms with van der Waals surface area (Å²) in [6, 6.07) is 16.7. The number of nitrogens with zero attached hydrogens (tertiary/aromatic N) is 2. The van der Waals surface area contributed by atoms with E-state index in [1.807, 2.05) is 49.4 Å². The maximum Gasteiger partial charge on any atom is 0.253 e. The van der Waals surface area contributed by atoms with Crippen LogP contribution in [0.2, 0.25) is 5.02 Å². The van der Waals surface area contributed by atoms with Gasteiger partial charge in [-0.05, 0) is 54.4 Å². The van der Waals surface area contributed by atoms with Crippen molar-refractivity contribution in [1.29, 1.82) is 0 Å². The molecule has 4 aromatic rings. The molecular weight excluding hydrogens is 362 g/mol. The zero-order valence-corrected chi connectivity index (χ0v) is 15.3. The van der Waals surface area contributed by atoms with Crippen LogP contribution in [0.3, 0.4) is 0 Å². The Hall–Kier alpha value is -3.18. The molecule has 0 saturated carbocycles. The van der Waals surface area contributed by atoms with E-state index in [-0.39, 0.29) is 5.91 Å². The summed E-state index contributed by atoms with van der Waals surface area (Å²) in [4.78, 5) is 20.9. The summed E-state index contributed by atoms with van der Waals surface area (Å²) in [6.45, 7) is 2.33. The smallest absolute Gasteiger partial charge is 0.253 e. The van der Waals surface area contributed by atoms with Crippen LogP contribution in [-0.2, 0) is 6.54 Å². The van der Waals surface area contributed by atoms with Gasteiger partial charge < -0.3 is 9.73 Å². The van der Waals surface area contributed by atoms with E-state index in [2.05, 4.69) is 15.3 Å². The summed E-state index contributed by atoms with van der Waals surface area (Å²) in [7, 11) is 0. The Balaban J connectivity index is 1.45. The highest BCUT2D eigenvalue weighted by Crippen LogP contribution is 2.23. The molecule has 0 saturated heterocycles. The Morgan fingerprint density at radius 3 is 2.70 bits per heavy atom. The third-order valence-electron chi connectivity index (χ3n) is 4.19. The Bertz CT molecular complexity index is 1090. The van der Waals surface area contributed by atoms with Gasteiger partial charge in [-0.25, -0.2) is 4.98 Å². The quantitative estimate of drug-likeness (QED) is 0.555. The molecule has 0 bridgehead atoms. The summed E-state index contributed by atoms with van der Waals surface area (Å²) in [5.74, 6) is 0.319. The van der Waals surface area contributed by atoms with Crippen molar-refractivity contribution in [2.24, 2.45) is 0 Å². The summed E-state index contributed by atoms with van der Waals surface area (Å²) in [6.07, 6.45) is 1.68. The number of hydrogen-bond acceptors (Lipinski definition) is 4. The van der Waals surface area contributed by atoms with Gasteiger partial charge in [-0.3, -0.25) is 4.79 Å². The van der Waals surface area contributed by atoms with E-state index in [0.29, 0.717) is 34.3 Å². The van der Waals surface area contributed by atoms with E-state index in [0.717, 1.165) is 16.7 Å². The minimum absolute atomic E-state index is 0.200. The first-order valence-electron chi connectivity index (χ1n) is 8.45. The summed E-state index contributed by atoms with van der Waals surface area (Å²) in [5, 5.41) is 3.34. The molecule has 0 aliphatic heterocycles. The third kappa shape index (κ3) is 3.68. The van der Waals surface area contributed by atoms with Crippen LogP contribution < -0.4 is 5.32 Å². The first-order valence-corrected chi connectivity index (χ1v) is 8.83. The Labute approximate surface area is 161 Å². The maximum absolute atomic E-state index is 12.3. The summed E-state index contributed by atoms with van der Waals surface area (Å²) in [5.41, 5.74) is 4.53. The first kappa shape index (κ1) is 17.2. The van der Waals surface area contributed by atoms with Crippen molar-refractivity contribution in [2.45, 2.75) is 13.5 Å². The highest BCUT2D eigenvalue weighted by Gasteiger charge is 2.11. The van der Waals surface area contributed by atoms with Gasteiger partial charge in [0.2, 0.25) is 5.89 Å². The minimum Gasteiger partial charge on any atom is -0.434 e. The lowest BCUT2D eigenvalue weighted by atomic mass is 10.1. The molecule has 134 valence electrons. The largest absolute Gasteiger partial charge is 0.434 e. The number of halogens is 1. The molecule has 6 heteroatoms. The van der Waals surface area contributed by atoms with Crippen molar-refractivity contribution in [3.05, 3.63) is 82.5 Å². The number of pyridine rings is 1. The van der Waals surface area contributed by atoms with Crippen LogP contribution in [0.1, 0.15) is 21.5 Å². The zero-order valence-electron chi connectivity index (χ0n) is 14.6. The van der Waals surface area contributed by atoms with Crippen LogP contribution in [0.4, 0.5) is 0 Å². The van der Waals surface area contributed by atoms with Crippen LogP contribution in [0.25, 0.3) is 22.7 Å². The van der Waals surface area contributed by atoms with E-state index in [4.69, 9.17) is 16.0 Å². The van der Waals surface area contributed by atoms with Gasteiger partial charge in [-0.2, -0.15) is 4.98 Å². The number of fused-ring (bicyclic) bond motifs is 1. The third-order valence-corrected chi connectivity index (χ3v) is 4.50. The fourth-order valence-corrected chi connectivity index (χ4v) is 3.06. The molecule has 0 fully saturated rings. The second kappa shape index (κ2) is 7.21. The van der Waals surface area contributed by atoms with E-state index >= 15 is 0 Å². The molecule has 27 heavy (non-hydrogen) atoms. The van der Waals surface area contributed by atoms with Crippen LogP contribution >= 0.6 is 11.6 Å². The molecule has 0 atom stereocenters. The molecule has 2 aromatic carbocycles. The highest BCUT2D eigenvalue weighted by atomic mass is 35.5. The molecule has 0 spiro atoms.